The number of ether oxygens (including phenoxy) is 1. The normalized spacial score (nSPS) is 10.9. The third-order valence-electron chi connectivity index (χ3n) is 3.26. The van der Waals surface area contributed by atoms with Gasteiger partial charge < -0.3 is 4.74 Å². The van der Waals surface area contributed by atoms with Gasteiger partial charge in [0.1, 0.15) is 0 Å². The lowest BCUT2D eigenvalue weighted by molar-refractivity contribution is 0.0397. The van der Waals surface area contributed by atoms with Crippen molar-refractivity contribution in [3.63, 3.8) is 0 Å². The maximum Gasteiger partial charge on any atom is 0.161 e. The van der Waals surface area contributed by atoms with Crippen LogP contribution in [-0.4, -0.2) is 12.7 Å². The summed E-state index contributed by atoms with van der Waals surface area (Å²) < 4.78 is 5.53. The van der Waals surface area contributed by atoms with Crippen molar-refractivity contribution in [2.24, 2.45) is 0 Å². The summed E-state index contributed by atoms with van der Waals surface area (Å²) >= 11 is 0. The van der Waals surface area contributed by atoms with Gasteiger partial charge in [-0.05, 0) is 11.1 Å². The van der Waals surface area contributed by atoms with Gasteiger partial charge in [-0.25, -0.2) is 0 Å². The van der Waals surface area contributed by atoms with Gasteiger partial charge in [-0.15, -0.1) is 0 Å². The van der Waals surface area contributed by atoms with Crippen LogP contribution in [0.2, 0.25) is 0 Å². The third kappa shape index (κ3) is 3.43. The Morgan fingerprint density at radius 3 is 1.63 bits per heavy atom. The summed E-state index contributed by atoms with van der Waals surface area (Å²) in [5, 5.41) is 9.52. The highest BCUT2D eigenvalue weighted by Gasteiger charge is 2.30. The van der Waals surface area contributed by atoms with E-state index in [1.54, 1.807) is 7.11 Å². The zero-order chi connectivity index (χ0) is 13.6. The Morgan fingerprint density at radius 1 is 0.895 bits per heavy atom. The minimum absolute atomic E-state index is 0.593. The van der Waals surface area contributed by atoms with Crippen LogP contribution in [0.5, 0.6) is 0 Å². The van der Waals surface area contributed by atoms with Crippen molar-refractivity contribution in [1.82, 2.24) is 0 Å². The van der Waals surface area contributed by atoms with Gasteiger partial charge in [0.05, 0.1) is 6.07 Å². The zero-order valence-electron chi connectivity index (χ0n) is 11.0. The Balaban J connectivity index is 2.21. The first-order valence-corrected chi connectivity index (χ1v) is 6.32. The van der Waals surface area contributed by atoms with E-state index in [1.165, 1.54) is 0 Å². The molecule has 2 rings (SSSR count). The predicted octanol–water partition coefficient (Wildman–Crippen LogP) is 3.38. The molecule has 0 amide bonds. The van der Waals surface area contributed by atoms with Crippen LogP contribution >= 0.6 is 0 Å². The van der Waals surface area contributed by atoms with Gasteiger partial charge in [-0.3, -0.25) is 0 Å². The van der Waals surface area contributed by atoms with Gasteiger partial charge in [-0.2, -0.15) is 5.26 Å². The highest BCUT2D eigenvalue weighted by atomic mass is 16.5. The van der Waals surface area contributed by atoms with Crippen LogP contribution in [0.4, 0.5) is 0 Å². The van der Waals surface area contributed by atoms with Gasteiger partial charge in [0, 0.05) is 20.0 Å². The Hall–Kier alpha value is -2.11. The predicted molar refractivity (Wildman–Crippen MR) is 75.6 cm³/mol. The summed E-state index contributed by atoms with van der Waals surface area (Å²) in [5.41, 5.74) is 1.42. The molecule has 0 heterocycles. The van der Waals surface area contributed by atoms with Crippen molar-refractivity contribution >= 4 is 0 Å². The number of hydrogen-bond acceptors (Lipinski definition) is 2. The number of rotatable bonds is 5. The molecule has 2 nitrogen and oxygen atoms in total. The summed E-state index contributed by atoms with van der Waals surface area (Å²) in [5.74, 6) is 0. The summed E-state index contributed by atoms with van der Waals surface area (Å²) in [6.45, 7) is 0. The van der Waals surface area contributed by atoms with Gasteiger partial charge in [-0.1, -0.05) is 60.7 Å². The van der Waals surface area contributed by atoms with Crippen LogP contribution < -0.4 is 0 Å². The van der Waals surface area contributed by atoms with E-state index in [9.17, 15) is 5.26 Å². The molecule has 0 fully saturated rings. The summed E-state index contributed by atoms with van der Waals surface area (Å²) in [7, 11) is 1.61. The van der Waals surface area contributed by atoms with Crippen LogP contribution in [0.1, 0.15) is 11.1 Å². The average molecular weight is 251 g/mol. The molecule has 0 saturated carbocycles. The Labute approximate surface area is 114 Å². The van der Waals surface area contributed by atoms with Crippen molar-refractivity contribution < 1.29 is 4.74 Å². The number of hydrogen-bond donors (Lipinski definition) is 0. The summed E-state index contributed by atoms with van der Waals surface area (Å²) in [6, 6.07) is 22.3. The van der Waals surface area contributed by atoms with Crippen LogP contribution in [-0.2, 0) is 17.6 Å². The molecule has 0 aromatic heterocycles. The van der Waals surface area contributed by atoms with E-state index in [-0.39, 0.29) is 0 Å². The Morgan fingerprint density at radius 2 is 1.32 bits per heavy atom. The van der Waals surface area contributed by atoms with E-state index in [4.69, 9.17) is 4.74 Å². The second kappa shape index (κ2) is 6.17. The molecule has 0 N–H and O–H groups in total. The second-order valence-corrected chi connectivity index (χ2v) is 4.63. The maximum atomic E-state index is 9.52. The highest BCUT2D eigenvalue weighted by molar-refractivity contribution is 5.25. The fourth-order valence-electron chi connectivity index (χ4n) is 2.18. The lowest BCUT2D eigenvalue weighted by Crippen LogP contribution is -2.35. The van der Waals surface area contributed by atoms with Gasteiger partial charge in [0.2, 0.25) is 0 Å². The number of benzene rings is 2. The Kier molecular flexibility index (Phi) is 4.33. The SMILES string of the molecule is COC(C#N)(Cc1ccccc1)Cc1ccccc1. The standard InChI is InChI=1S/C17H17NO/c1-19-17(14-18,12-15-8-4-2-5-9-15)13-16-10-6-3-7-11-16/h2-11H,12-13H2,1H3. The molecule has 2 aromatic carbocycles. The minimum atomic E-state index is -0.803. The van der Waals surface area contributed by atoms with Crippen molar-refractivity contribution in [3.8, 4) is 6.07 Å². The third-order valence-corrected chi connectivity index (χ3v) is 3.26. The molecule has 96 valence electrons. The quantitative estimate of drug-likeness (QED) is 0.816. The van der Waals surface area contributed by atoms with E-state index in [0.29, 0.717) is 12.8 Å². The van der Waals surface area contributed by atoms with Crippen LogP contribution in [0.25, 0.3) is 0 Å². The molecule has 0 unspecified atom stereocenters. The second-order valence-electron chi connectivity index (χ2n) is 4.63. The molecule has 0 bridgehead atoms. The molecule has 0 spiro atoms. The minimum Gasteiger partial charge on any atom is -0.363 e. The summed E-state index contributed by atoms with van der Waals surface area (Å²) in [6.07, 6.45) is 1.19. The average Bonchev–Trinajstić information content (AvgIpc) is 2.48. The molecule has 0 radical (unpaired) electrons. The largest absolute Gasteiger partial charge is 0.363 e. The van der Waals surface area contributed by atoms with E-state index < -0.39 is 5.60 Å². The van der Waals surface area contributed by atoms with Crippen molar-refractivity contribution in [2.75, 3.05) is 7.11 Å². The van der Waals surface area contributed by atoms with Crippen molar-refractivity contribution in [1.29, 1.82) is 5.26 Å². The maximum absolute atomic E-state index is 9.52. The van der Waals surface area contributed by atoms with Crippen molar-refractivity contribution in [3.05, 3.63) is 71.8 Å². The fourth-order valence-corrected chi connectivity index (χ4v) is 2.18. The van der Waals surface area contributed by atoms with Gasteiger partial charge >= 0.3 is 0 Å². The summed E-state index contributed by atoms with van der Waals surface area (Å²) in [4.78, 5) is 0. The van der Waals surface area contributed by atoms with E-state index in [1.807, 2.05) is 60.7 Å². The molecule has 0 aliphatic rings. The molecular weight excluding hydrogens is 234 g/mol. The molecule has 2 heteroatoms. The lowest BCUT2D eigenvalue weighted by atomic mass is 9.89. The molecule has 0 aliphatic carbocycles. The number of methoxy groups -OCH3 is 1. The van der Waals surface area contributed by atoms with E-state index in [0.717, 1.165) is 11.1 Å². The number of nitriles is 1. The smallest absolute Gasteiger partial charge is 0.161 e. The first-order chi connectivity index (χ1) is 9.28. The zero-order valence-corrected chi connectivity index (χ0v) is 11.0. The number of nitrogens with zero attached hydrogens (tertiary/aromatic N) is 1. The first kappa shape index (κ1) is 13.3. The lowest BCUT2D eigenvalue weighted by Gasteiger charge is -2.25. The van der Waals surface area contributed by atoms with E-state index in [2.05, 4.69) is 6.07 Å². The monoisotopic (exact) mass is 251 g/mol. The molecule has 0 aliphatic heterocycles. The fraction of sp³-hybridized carbons (Fsp3) is 0.235. The van der Waals surface area contributed by atoms with Crippen molar-refractivity contribution in [2.45, 2.75) is 18.4 Å². The van der Waals surface area contributed by atoms with Crippen LogP contribution in [0.15, 0.2) is 60.7 Å². The topological polar surface area (TPSA) is 33.0 Å². The van der Waals surface area contributed by atoms with Gasteiger partial charge in [0.25, 0.3) is 0 Å². The molecule has 0 atom stereocenters. The van der Waals surface area contributed by atoms with Crippen LogP contribution in [0.3, 0.4) is 0 Å². The van der Waals surface area contributed by atoms with Gasteiger partial charge in [0.15, 0.2) is 5.60 Å². The van der Waals surface area contributed by atoms with Crippen LogP contribution in [0, 0.1) is 11.3 Å². The Bertz CT molecular complexity index is 501. The first-order valence-electron chi connectivity index (χ1n) is 6.32. The molecule has 19 heavy (non-hydrogen) atoms. The van der Waals surface area contributed by atoms with E-state index >= 15 is 0 Å². The molecule has 2 aromatic rings. The molecular formula is C17H17NO. The molecule has 0 saturated heterocycles. The highest BCUT2D eigenvalue weighted by Crippen LogP contribution is 2.22.